The van der Waals surface area contributed by atoms with E-state index in [1.54, 1.807) is 18.2 Å². The van der Waals surface area contributed by atoms with E-state index in [4.69, 9.17) is 23.2 Å². The Morgan fingerprint density at radius 1 is 0.897 bits per heavy atom. The van der Waals surface area contributed by atoms with Gasteiger partial charge in [-0.05, 0) is 43.4 Å². The monoisotopic (exact) mass is 433 g/mol. The fourth-order valence-corrected chi connectivity index (χ4v) is 4.10. The number of benzene rings is 2. The molecule has 0 saturated carbocycles. The summed E-state index contributed by atoms with van der Waals surface area (Å²) in [5, 5.41) is 0.730. The van der Waals surface area contributed by atoms with Gasteiger partial charge in [0.2, 0.25) is 0 Å². The number of imide groups is 1. The molecule has 150 valence electrons. The lowest BCUT2D eigenvalue weighted by Crippen LogP contribution is -2.46. The summed E-state index contributed by atoms with van der Waals surface area (Å²) in [6.07, 6.45) is 0. The third-order valence-corrected chi connectivity index (χ3v) is 5.71. The van der Waals surface area contributed by atoms with Crippen molar-refractivity contribution in [2.24, 2.45) is 0 Å². The van der Waals surface area contributed by atoms with Gasteiger partial charge in [-0.15, -0.1) is 0 Å². The summed E-state index contributed by atoms with van der Waals surface area (Å²) in [5.41, 5.74) is 1.32. The normalized spacial score (nSPS) is 18.2. The molecule has 0 unspecified atom stereocenters. The molecule has 0 spiro atoms. The lowest BCUT2D eigenvalue weighted by Gasteiger charge is -2.34. The van der Waals surface area contributed by atoms with Crippen LogP contribution in [0.15, 0.2) is 48.2 Å². The van der Waals surface area contributed by atoms with Crippen LogP contribution in [0.5, 0.6) is 0 Å². The summed E-state index contributed by atoms with van der Waals surface area (Å²) < 4.78 is 13.4. The smallest absolute Gasteiger partial charge is 0.282 e. The summed E-state index contributed by atoms with van der Waals surface area (Å²) in [4.78, 5) is 31.9. The van der Waals surface area contributed by atoms with Crippen LogP contribution in [0.25, 0.3) is 5.57 Å². The van der Waals surface area contributed by atoms with Crippen LogP contribution < -0.4 is 4.90 Å². The highest BCUT2D eigenvalue weighted by Gasteiger charge is 2.43. The molecule has 4 rings (SSSR count). The Morgan fingerprint density at radius 2 is 1.55 bits per heavy atom. The summed E-state index contributed by atoms with van der Waals surface area (Å²) in [6, 6.07) is 10.1. The molecule has 1 fully saturated rings. The van der Waals surface area contributed by atoms with Crippen LogP contribution >= 0.6 is 23.2 Å². The quantitative estimate of drug-likeness (QED) is 0.692. The van der Waals surface area contributed by atoms with Crippen molar-refractivity contribution in [1.82, 2.24) is 9.80 Å². The van der Waals surface area contributed by atoms with Crippen molar-refractivity contribution in [3.63, 3.8) is 0 Å². The van der Waals surface area contributed by atoms with Gasteiger partial charge in [-0.2, -0.15) is 0 Å². The van der Waals surface area contributed by atoms with Crippen molar-refractivity contribution >= 4 is 46.3 Å². The van der Waals surface area contributed by atoms with Crippen molar-refractivity contribution in [1.29, 1.82) is 0 Å². The molecule has 0 aliphatic carbocycles. The topological polar surface area (TPSA) is 43.9 Å². The minimum absolute atomic E-state index is 0.241. The molecule has 2 aromatic rings. The Kier molecular flexibility index (Phi) is 5.34. The van der Waals surface area contributed by atoms with Crippen molar-refractivity contribution in [2.45, 2.75) is 0 Å². The van der Waals surface area contributed by atoms with Crippen LogP contribution in [0.3, 0.4) is 0 Å². The van der Waals surface area contributed by atoms with Crippen LogP contribution in [0.4, 0.5) is 10.1 Å². The van der Waals surface area contributed by atoms with E-state index in [9.17, 15) is 14.0 Å². The molecule has 0 radical (unpaired) electrons. The zero-order chi connectivity index (χ0) is 20.7. The number of hydrogen-bond donors (Lipinski definition) is 0. The summed E-state index contributed by atoms with van der Waals surface area (Å²) in [6.45, 7) is 2.75. The van der Waals surface area contributed by atoms with Crippen molar-refractivity contribution < 1.29 is 14.0 Å². The molecule has 5 nitrogen and oxygen atoms in total. The summed E-state index contributed by atoms with van der Waals surface area (Å²) in [5.74, 6) is -1.37. The molecule has 2 heterocycles. The first-order chi connectivity index (χ1) is 13.9. The van der Waals surface area contributed by atoms with Crippen molar-refractivity contribution in [2.75, 3.05) is 38.1 Å². The maximum Gasteiger partial charge on any atom is 0.282 e. The predicted octanol–water partition coefficient (Wildman–Crippen LogP) is 3.66. The van der Waals surface area contributed by atoms with Crippen molar-refractivity contribution in [3.8, 4) is 0 Å². The maximum absolute atomic E-state index is 13.4. The van der Waals surface area contributed by atoms with Gasteiger partial charge in [0, 0.05) is 36.8 Å². The Labute approximate surface area is 177 Å². The van der Waals surface area contributed by atoms with E-state index in [-0.39, 0.29) is 5.57 Å². The number of halogens is 3. The molecule has 0 aromatic heterocycles. The van der Waals surface area contributed by atoms with Crippen LogP contribution in [0.1, 0.15) is 5.56 Å². The molecule has 2 aliphatic heterocycles. The third-order valence-electron chi connectivity index (χ3n) is 5.16. The molecule has 8 heteroatoms. The van der Waals surface area contributed by atoms with Gasteiger partial charge in [0.15, 0.2) is 0 Å². The van der Waals surface area contributed by atoms with Gasteiger partial charge in [-0.25, -0.2) is 9.29 Å². The number of amides is 2. The number of piperazine rings is 1. The number of likely N-dealkylation sites (N-methyl/N-ethyl adjacent to an activating group) is 1. The van der Waals surface area contributed by atoms with E-state index < -0.39 is 17.6 Å². The highest BCUT2D eigenvalue weighted by molar-refractivity contribution is 6.47. The SMILES string of the molecule is CN1CCN(C2=C(c3ccc(Cl)cc3Cl)C(=O)N(c3ccc(F)cc3)C2=O)CC1. The van der Waals surface area contributed by atoms with E-state index in [0.717, 1.165) is 18.0 Å². The molecule has 29 heavy (non-hydrogen) atoms. The predicted molar refractivity (Wildman–Crippen MR) is 111 cm³/mol. The highest BCUT2D eigenvalue weighted by atomic mass is 35.5. The summed E-state index contributed by atoms with van der Waals surface area (Å²) in [7, 11) is 2.01. The number of rotatable bonds is 3. The van der Waals surface area contributed by atoms with Gasteiger partial charge in [-0.1, -0.05) is 29.3 Å². The van der Waals surface area contributed by atoms with Gasteiger partial charge >= 0.3 is 0 Å². The molecular weight excluding hydrogens is 416 g/mol. The van der Waals surface area contributed by atoms with Gasteiger partial charge in [-0.3, -0.25) is 9.59 Å². The third kappa shape index (κ3) is 3.64. The average Bonchev–Trinajstić information content (AvgIpc) is 2.94. The van der Waals surface area contributed by atoms with E-state index in [0.29, 0.717) is 40.1 Å². The summed E-state index contributed by atoms with van der Waals surface area (Å²) >= 11 is 12.4. The van der Waals surface area contributed by atoms with Gasteiger partial charge in [0.05, 0.1) is 16.3 Å². The standard InChI is InChI=1S/C21H18Cl2FN3O2/c1-25-8-10-26(11-9-25)19-18(16-7-2-13(22)12-17(16)23)20(28)27(21(19)29)15-5-3-14(24)4-6-15/h2-7,12H,8-11H2,1H3. The minimum atomic E-state index is -0.486. The second kappa shape index (κ2) is 7.78. The van der Waals surface area contributed by atoms with Crippen LogP contribution in [-0.4, -0.2) is 54.8 Å². The van der Waals surface area contributed by atoms with E-state index >= 15 is 0 Å². The maximum atomic E-state index is 13.4. The largest absolute Gasteiger partial charge is 0.364 e. The number of carbonyl (C=O) groups is 2. The molecule has 2 amide bonds. The number of nitrogens with zero attached hydrogens (tertiary/aromatic N) is 3. The Balaban J connectivity index is 1.83. The van der Waals surface area contributed by atoms with Crippen molar-refractivity contribution in [3.05, 3.63) is 69.6 Å². The van der Waals surface area contributed by atoms with Crippen LogP contribution in [-0.2, 0) is 9.59 Å². The van der Waals surface area contributed by atoms with E-state index in [1.807, 2.05) is 11.9 Å². The number of anilines is 1. The van der Waals surface area contributed by atoms with E-state index in [2.05, 4.69) is 4.90 Å². The second-order valence-corrected chi connectivity index (χ2v) is 7.90. The fraction of sp³-hybridized carbons (Fsp3) is 0.238. The first-order valence-corrected chi connectivity index (χ1v) is 9.90. The molecule has 2 aromatic carbocycles. The fourth-order valence-electron chi connectivity index (χ4n) is 3.60. The number of hydrogen-bond acceptors (Lipinski definition) is 4. The molecule has 1 saturated heterocycles. The Morgan fingerprint density at radius 3 is 2.17 bits per heavy atom. The van der Waals surface area contributed by atoms with Crippen LogP contribution in [0.2, 0.25) is 10.0 Å². The second-order valence-electron chi connectivity index (χ2n) is 7.06. The average molecular weight is 434 g/mol. The van der Waals surface area contributed by atoms with Crippen LogP contribution in [0, 0.1) is 5.82 Å². The molecular formula is C21H18Cl2FN3O2. The Hall–Kier alpha value is -2.41. The van der Waals surface area contributed by atoms with Gasteiger partial charge < -0.3 is 9.80 Å². The Bertz CT molecular complexity index is 1020. The zero-order valence-electron chi connectivity index (χ0n) is 15.7. The molecule has 0 N–H and O–H groups in total. The molecule has 0 bridgehead atoms. The first-order valence-electron chi connectivity index (χ1n) is 9.14. The highest BCUT2D eigenvalue weighted by Crippen LogP contribution is 2.38. The van der Waals surface area contributed by atoms with Gasteiger partial charge in [0.1, 0.15) is 11.5 Å². The lowest BCUT2D eigenvalue weighted by molar-refractivity contribution is -0.120. The minimum Gasteiger partial charge on any atom is -0.364 e. The zero-order valence-corrected chi connectivity index (χ0v) is 17.2. The first kappa shape index (κ1) is 19.9. The lowest BCUT2D eigenvalue weighted by atomic mass is 10.0. The van der Waals surface area contributed by atoms with Gasteiger partial charge in [0.25, 0.3) is 11.8 Å². The molecule has 0 atom stereocenters. The molecule has 2 aliphatic rings. The van der Waals surface area contributed by atoms with E-state index in [1.165, 1.54) is 24.3 Å². The number of carbonyl (C=O) groups excluding carboxylic acids is 2.